The van der Waals surface area contributed by atoms with E-state index in [2.05, 4.69) is 4.99 Å². The van der Waals surface area contributed by atoms with Gasteiger partial charge in [-0.05, 0) is 18.6 Å². The Labute approximate surface area is 121 Å². The predicted molar refractivity (Wildman–Crippen MR) is 78.9 cm³/mol. The van der Waals surface area contributed by atoms with Crippen LogP contribution in [0.15, 0.2) is 53.5 Å². The minimum Gasteiger partial charge on any atom is -0.286 e. The second-order valence-electron chi connectivity index (χ2n) is 4.88. The minimum atomic E-state index is -1.41. The number of Topliss-reactive ketones (excluding diaryl/α,β-unsaturated/α-hetero) is 1. The molecule has 0 amide bonds. The van der Waals surface area contributed by atoms with E-state index < -0.39 is 16.7 Å². The third-order valence-corrected chi connectivity index (χ3v) is 3.54. The first-order valence-electron chi connectivity index (χ1n) is 6.51. The van der Waals surface area contributed by atoms with Crippen LogP contribution in [0.4, 0.5) is 5.69 Å². The van der Waals surface area contributed by atoms with E-state index in [1.807, 2.05) is 25.1 Å². The van der Waals surface area contributed by atoms with Crippen LogP contribution in [-0.2, 0) is 0 Å². The first-order valence-corrected chi connectivity index (χ1v) is 6.51. The van der Waals surface area contributed by atoms with Gasteiger partial charge in [-0.15, -0.1) is 0 Å². The number of hydrogen-bond donors (Lipinski definition) is 0. The van der Waals surface area contributed by atoms with Gasteiger partial charge in [0.1, 0.15) is 5.71 Å². The molecule has 0 heterocycles. The largest absolute Gasteiger partial charge is 0.316 e. The third-order valence-electron chi connectivity index (χ3n) is 3.54. The summed E-state index contributed by atoms with van der Waals surface area (Å²) in [5.74, 6) is -0.497. The maximum atomic E-state index is 12.2. The van der Waals surface area contributed by atoms with Crippen LogP contribution in [0.25, 0.3) is 0 Å². The van der Waals surface area contributed by atoms with Crippen LogP contribution in [0, 0.1) is 17.0 Å². The van der Waals surface area contributed by atoms with Gasteiger partial charge in [-0.2, -0.15) is 0 Å². The van der Waals surface area contributed by atoms with Crippen molar-refractivity contribution in [2.24, 2.45) is 4.99 Å². The quantitative estimate of drug-likeness (QED) is 0.627. The van der Waals surface area contributed by atoms with Crippen molar-refractivity contribution in [3.63, 3.8) is 0 Å². The molecular weight excluding hydrogens is 268 g/mol. The zero-order valence-corrected chi connectivity index (χ0v) is 11.3. The van der Waals surface area contributed by atoms with Crippen LogP contribution < -0.4 is 0 Å². The van der Waals surface area contributed by atoms with E-state index in [0.717, 1.165) is 5.56 Å². The topological polar surface area (TPSA) is 72.6 Å². The number of aryl methyl sites for hydroxylation is 1. The number of aliphatic imine (C=N–C) groups is 1. The lowest BCUT2D eigenvalue weighted by Crippen LogP contribution is -2.31. The molecule has 0 unspecified atom stereocenters. The molecule has 0 N–H and O–H groups in total. The van der Waals surface area contributed by atoms with Crippen molar-refractivity contribution in [1.82, 2.24) is 0 Å². The highest BCUT2D eigenvalue weighted by Crippen LogP contribution is 2.28. The lowest BCUT2D eigenvalue weighted by Gasteiger charge is -2.04. The van der Waals surface area contributed by atoms with Gasteiger partial charge in [-0.25, -0.2) is 4.99 Å². The Hall–Kier alpha value is -2.82. The van der Waals surface area contributed by atoms with Crippen LogP contribution in [0.5, 0.6) is 0 Å². The van der Waals surface area contributed by atoms with Crippen LogP contribution >= 0.6 is 0 Å². The average Bonchev–Trinajstić information content (AvgIpc) is 2.75. The van der Waals surface area contributed by atoms with Crippen molar-refractivity contribution in [3.8, 4) is 0 Å². The van der Waals surface area contributed by atoms with E-state index in [9.17, 15) is 14.9 Å². The number of nitrogens with zero attached hydrogens (tertiary/aromatic N) is 2. The number of rotatable bonds is 2. The van der Waals surface area contributed by atoms with Crippen molar-refractivity contribution >= 4 is 17.2 Å². The molecule has 0 spiro atoms. The van der Waals surface area contributed by atoms with Gasteiger partial charge in [0.15, 0.2) is 0 Å². The Morgan fingerprint density at radius 2 is 1.67 bits per heavy atom. The second kappa shape index (κ2) is 4.94. The van der Waals surface area contributed by atoms with Crippen molar-refractivity contribution in [2.45, 2.75) is 13.0 Å². The normalized spacial score (nSPS) is 18.8. The van der Waals surface area contributed by atoms with Crippen molar-refractivity contribution in [2.75, 3.05) is 0 Å². The molecule has 0 fully saturated rings. The van der Waals surface area contributed by atoms with E-state index >= 15 is 0 Å². The van der Waals surface area contributed by atoms with E-state index in [4.69, 9.17) is 0 Å². The monoisotopic (exact) mass is 280 g/mol. The second-order valence-corrected chi connectivity index (χ2v) is 4.88. The highest BCUT2D eigenvalue weighted by Gasteiger charge is 2.45. The van der Waals surface area contributed by atoms with E-state index in [0.29, 0.717) is 16.8 Å². The molecule has 0 aliphatic heterocycles. The number of fused-ring (bicyclic) bond motifs is 1. The SMILES string of the molecule is Cc1ccccc1N=C1c2ccccc2C(=O)[C@@H]1[N+](=O)[O-]. The standard InChI is InChI=1S/C16H12N2O3/c1-10-6-2-5-9-13(10)17-14-11-7-3-4-8-12(11)16(19)15(14)18(20)21/h2-9,15H,1H3/t15-/m1/s1. The molecule has 0 saturated heterocycles. The van der Waals surface area contributed by atoms with Gasteiger partial charge in [0.25, 0.3) is 0 Å². The Kier molecular flexibility index (Phi) is 3.10. The Bertz CT molecular complexity index is 781. The summed E-state index contributed by atoms with van der Waals surface area (Å²) in [5, 5.41) is 11.3. The summed E-state index contributed by atoms with van der Waals surface area (Å²) in [6.07, 6.45) is 0. The molecule has 104 valence electrons. The number of nitro groups is 1. The maximum absolute atomic E-state index is 12.2. The third kappa shape index (κ3) is 2.12. The lowest BCUT2D eigenvalue weighted by atomic mass is 10.1. The van der Waals surface area contributed by atoms with Gasteiger partial charge in [0.05, 0.1) is 5.69 Å². The van der Waals surface area contributed by atoms with Gasteiger partial charge >= 0.3 is 6.04 Å². The van der Waals surface area contributed by atoms with Crippen LogP contribution in [0.1, 0.15) is 21.5 Å². The molecule has 0 radical (unpaired) electrons. The van der Waals surface area contributed by atoms with Crippen LogP contribution in [0.2, 0.25) is 0 Å². The lowest BCUT2D eigenvalue weighted by molar-refractivity contribution is -0.485. The number of benzene rings is 2. The molecule has 21 heavy (non-hydrogen) atoms. The highest BCUT2D eigenvalue weighted by molar-refractivity contribution is 6.30. The molecule has 1 aliphatic rings. The predicted octanol–water partition coefficient (Wildman–Crippen LogP) is 2.96. The number of carbonyl (C=O) groups excluding carboxylic acids is 1. The zero-order chi connectivity index (χ0) is 15.0. The molecule has 1 atom stereocenters. The van der Waals surface area contributed by atoms with Crippen molar-refractivity contribution in [3.05, 3.63) is 75.3 Å². The summed E-state index contributed by atoms with van der Waals surface area (Å²) in [4.78, 5) is 27.3. The van der Waals surface area contributed by atoms with E-state index in [1.54, 1.807) is 30.3 Å². The van der Waals surface area contributed by atoms with Gasteiger partial charge in [0, 0.05) is 16.1 Å². The summed E-state index contributed by atoms with van der Waals surface area (Å²) in [6.45, 7) is 1.88. The molecule has 2 aromatic carbocycles. The molecular formula is C16H12N2O3. The Morgan fingerprint density at radius 1 is 1.05 bits per heavy atom. The van der Waals surface area contributed by atoms with Crippen molar-refractivity contribution < 1.29 is 9.72 Å². The molecule has 0 bridgehead atoms. The van der Waals surface area contributed by atoms with Crippen LogP contribution in [0.3, 0.4) is 0 Å². The first kappa shape index (κ1) is 13.2. The molecule has 1 aliphatic carbocycles. The summed E-state index contributed by atoms with van der Waals surface area (Å²) in [7, 11) is 0. The van der Waals surface area contributed by atoms with E-state index in [-0.39, 0.29) is 5.71 Å². The number of hydrogen-bond acceptors (Lipinski definition) is 4. The average molecular weight is 280 g/mol. The van der Waals surface area contributed by atoms with Gasteiger partial charge in [-0.3, -0.25) is 14.9 Å². The zero-order valence-electron chi connectivity index (χ0n) is 11.3. The number of para-hydroxylation sites is 1. The number of ketones is 1. The smallest absolute Gasteiger partial charge is 0.286 e. The maximum Gasteiger partial charge on any atom is 0.316 e. The van der Waals surface area contributed by atoms with E-state index in [1.165, 1.54) is 0 Å². The van der Waals surface area contributed by atoms with Gasteiger partial charge in [0.2, 0.25) is 5.78 Å². The number of carbonyl (C=O) groups is 1. The Morgan fingerprint density at radius 3 is 2.33 bits per heavy atom. The Balaban J connectivity index is 2.21. The van der Waals surface area contributed by atoms with Crippen molar-refractivity contribution in [1.29, 1.82) is 0 Å². The fourth-order valence-electron chi connectivity index (χ4n) is 2.48. The summed E-state index contributed by atoms with van der Waals surface area (Å²) >= 11 is 0. The van der Waals surface area contributed by atoms with Gasteiger partial charge in [-0.1, -0.05) is 42.5 Å². The fourth-order valence-corrected chi connectivity index (χ4v) is 2.48. The fraction of sp³-hybridized carbons (Fsp3) is 0.125. The molecule has 5 heteroatoms. The first-order chi connectivity index (χ1) is 10.1. The van der Waals surface area contributed by atoms with Gasteiger partial charge < -0.3 is 0 Å². The minimum absolute atomic E-state index is 0.218. The molecule has 5 nitrogen and oxygen atoms in total. The van der Waals surface area contributed by atoms with Crippen LogP contribution in [-0.4, -0.2) is 22.5 Å². The molecule has 2 aromatic rings. The molecule has 0 aromatic heterocycles. The molecule has 0 saturated carbocycles. The summed E-state index contributed by atoms with van der Waals surface area (Å²) in [6, 6.07) is 12.7. The highest BCUT2D eigenvalue weighted by atomic mass is 16.6. The molecule has 3 rings (SSSR count). The summed E-state index contributed by atoms with van der Waals surface area (Å²) in [5.41, 5.74) is 2.68. The summed E-state index contributed by atoms with van der Waals surface area (Å²) < 4.78 is 0.